The molecule has 2 aromatic rings. The first-order valence-electron chi connectivity index (χ1n) is 6.91. The third-order valence-electron chi connectivity index (χ3n) is 4.12. The van der Waals surface area contributed by atoms with E-state index in [1.54, 1.807) is 21.3 Å². The van der Waals surface area contributed by atoms with Gasteiger partial charge in [-0.1, -0.05) is 60.7 Å². The van der Waals surface area contributed by atoms with Crippen molar-refractivity contribution in [1.82, 2.24) is 0 Å². The van der Waals surface area contributed by atoms with Crippen LogP contribution in [0.15, 0.2) is 60.7 Å². The fourth-order valence-corrected chi connectivity index (χ4v) is 5.69. The Balaban J connectivity index is 2.71. The highest BCUT2D eigenvalue weighted by Gasteiger charge is 2.58. The predicted octanol–water partition coefficient (Wildman–Crippen LogP) is 3.41. The molecule has 0 atom stereocenters. The smallest absolute Gasteiger partial charge is 0.376 e. The van der Waals surface area contributed by atoms with Gasteiger partial charge in [0, 0.05) is 21.3 Å². The molecule has 3 nitrogen and oxygen atoms in total. The van der Waals surface area contributed by atoms with Crippen LogP contribution in [0.25, 0.3) is 0 Å². The van der Waals surface area contributed by atoms with Crippen LogP contribution in [0.2, 0.25) is 0 Å². The molecule has 0 unspecified atom stereocenters. The van der Waals surface area contributed by atoms with Crippen molar-refractivity contribution in [3.8, 4) is 0 Å². The molecule has 0 saturated carbocycles. The first-order valence-corrected chi connectivity index (χ1v) is 8.63. The summed E-state index contributed by atoms with van der Waals surface area (Å²) in [6, 6.07) is 20.5. The molecule has 0 heterocycles. The van der Waals surface area contributed by atoms with Crippen LogP contribution in [0.5, 0.6) is 0 Å². The zero-order valence-electron chi connectivity index (χ0n) is 13.0. The molecule has 0 fully saturated rings. The lowest BCUT2D eigenvalue weighted by atomic mass is 9.92. The zero-order chi connectivity index (χ0) is 15.3. The van der Waals surface area contributed by atoms with Crippen molar-refractivity contribution in [3.63, 3.8) is 0 Å². The predicted molar refractivity (Wildman–Crippen MR) is 86.1 cm³/mol. The molecule has 2 rings (SSSR count). The Morgan fingerprint density at radius 1 is 0.667 bits per heavy atom. The summed E-state index contributed by atoms with van der Waals surface area (Å²) in [5, 5.41) is -0.478. The molecule has 0 saturated heterocycles. The minimum Gasteiger partial charge on any atom is -0.376 e. The molecule has 0 aromatic heterocycles. The zero-order valence-corrected chi connectivity index (χ0v) is 14.0. The topological polar surface area (TPSA) is 27.7 Å². The van der Waals surface area contributed by atoms with Gasteiger partial charge in [-0.05, 0) is 18.1 Å². The van der Waals surface area contributed by atoms with Crippen LogP contribution in [-0.4, -0.2) is 30.1 Å². The Hall–Kier alpha value is -1.46. The van der Waals surface area contributed by atoms with Crippen molar-refractivity contribution < 1.29 is 13.3 Å². The highest BCUT2D eigenvalue weighted by molar-refractivity contribution is 6.65. The van der Waals surface area contributed by atoms with E-state index in [1.165, 1.54) is 0 Å². The first-order chi connectivity index (χ1) is 10.1. The quantitative estimate of drug-likeness (QED) is 0.765. The number of rotatable bonds is 6. The monoisotopic (exact) mass is 302 g/mol. The van der Waals surface area contributed by atoms with Gasteiger partial charge in [0.2, 0.25) is 0 Å². The van der Waals surface area contributed by atoms with Gasteiger partial charge in [-0.15, -0.1) is 0 Å². The normalized spacial score (nSPS) is 12.4. The Labute approximate surface area is 127 Å². The van der Waals surface area contributed by atoms with E-state index < -0.39 is 13.8 Å². The minimum atomic E-state index is -2.95. The average molecular weight is 302 g/mol. The van der Waals surface area contributed by atoms with E-state index in [9.17, 15) is 0 Å². The Morgan fingerprint density at radius 3 is 1.29 bits per heavy atom. The van der Waals surface area contributed by atoms with E-state index >= 15 is 0 Å². The molecular weight excluding hydrogens is 280 g/mol. The number of hydrogen-bond donors (Lipinski definition) is 0. The molecule has 4 heteroatoms. The van der Waals surface area contributed by atoms with Crippen molar-refractivity contribution in [2.45, 2.75) is 12.0 Å². The fraction of sp³-hybridized carbons (Fsp3) is 0.294. The molecule has 0 aliphatic heterocycles. The molecule has 0 spiro atoms. The second-order valence-corrected chi connectivity index (χ2v) is 8.36. The molecule has 21 heavy (non-hydrogen) atoms. The standard InChI is InChI=1S/C17H22O3Si/c1-17(15-11-7-5-8-12-15,16-13-9-6-10-14-16)21(18-2,19-3)20-4/h5-14H,1-4H3. The molecule has 0 amide bonds. The van der Waals surface area contributed by atoms with Gasteiger partial charge >= 0.3 is 8.80 Å². The van der Waals surface area contributed by atoms with Crippen LogP contribution in [0.1, 0.15) is 18.1 Å². The Kier molecular flexibility index (Phi) is 4.95. The number of hydrogen-bond acceptors (Lipinski definition) is 3. The fourth-order valence-electron chi connectivity index (χ4n) is 2.93. The van der Waals surface area contributed by atoms with Crippen molar-refractivity contribution in [3.05, 3.63) is 71.8 Å². The summed E-state index contributed by atoms with van der Waals surface area (Å²) in [5.74, 6) is 0. The Bertz CT molecular complexity index is 505. The van der Waals surface area contributed by atoms with Gasteiger partial charge < -0.3 is 13.3 Å². The third kappa shape index (κ3) is 2.56. The lowest BCUT2D eigenvalue weighted by Crippen LogP contribution is -2.60. The maximum atomic E-state index is 5.80. The van der Waals surface area contributed by atoms with Gasteiger partial charge in [0.05, 0.1) is 5.04 Å². The molecule has 0 bridgehead atoms. The summed E-state index contributed by atoms with van der Waals surface area (Å²) in [6.07, 6.45) is 0. The molecule has 0 aliphatic carbocycles. The summed E-state index contributed by atoms with van der Waals surface area (Å²) in [6.45, 7) is 2.13. The van der Waals surface area contributed by atoms with Crippen LogP contribution < -0.4 is 0 Å². The molecule has 0 N–H and O–H groups in total. The maximum absolute atomic E-state index is 5.80. The van der Waals surface area contributed by atoms with Gasteiger partial charge in [0.25, 0.3) is 0 Å². The van der Waals surface area contributed by atoms with Crippen LogP contribution >= 0.6 is 0 Å². The van der Waals surface area contributed by atoms with Crippen molar-refractivity contribution in [1.29, 1.82) is 0 Å². The minimum absolute atomic E-state index is 0.478. The van der Waals surface area contributed by atoms with Crippen LogP contribution in [0.3, 0.4) is 0 Å². The lowest BCUT2D eigenvalue weighted by molar-refractivity contribution is 0.101. The summed E-state index contributed by atoms with van der Waals surface area (Å²) in [4.78, 5) is 0. The van der Waals surface area contributed by atoms with E-state index in [1.807, 2.05) is 36.4 Å². The average Bonchev–Trinajstić information content (AvgIpc) is 2.58. The SMILES string of the molecule is CO[Si](OC)(OC)C(C)(c1ccccc1)c1ccccc1. The summed E-state index contributed by atoms with van der Waals surface area (Å²) in [7, 11) is 2.02. The van der Waals surface area contributed by atoms with Crippen molar-refractivity contribution in [2.24, 2.45) is 0 Å². The lowest BCUT2D eigenvalue weighted by Gasteiger charge is -2.42. The molecule has 0 aliphatic rings. The van der Waals surface area contributed by atoms with Crippen molar-refractivity contribution >= 4 is 8.80 Å². The van der Waals surface area contributed by atoms with E-state index in [2.05, 4.69) is 31.2 Å². The largest absolute Gasteiger partial charge is 0.515 e. The van der Waals surface area contributed by atoms with Gasteiger partial charge in [-0.25, -0.2) is 0 Å². The summed E-state index contributed by atoms with van der Waals surface area (Å²) < 4.78 is 17.4. The van der Waals surface area contributed by atoms with Gasteiger partial charge in [-0.3, -0.25) is 0 Å². The molecule has 112 valence electrons. The molecular formula is C17H22O3Si. The van der Waals surface area contributed by atoms with Gasteiger partial charge in [0.15, 0.2) is 0 Å². The maximum Gasteiger partial charge on any atom is 0.515 e. The highest BCUT2D eigenvalue weighted by Crippen LogP contribution is 2.41. The third-order valence-corrected chi connectivity index (χ3v) is 7.54. The van der Waals surface area contributed by atoms with E-state index in [-0.39, 0.29) is 0 Å². The van der Waals surface area contributed by atoms with Gasteiger partial charge in [-0.2, -0.15) is 0 Å². The molecule has 0 radical (unpaired) electrons. The van der Waals surface area contributed by atoms with Crippen LogP contribution in [0, 0.1) is 0 Å². The van der Waals surface area contributed by atoms with Crippen molar-refractivity contribution in [2.75, 3.05) is 21.3 Å². The molecule has 2 aromatic carbocycles. The van der Waals surface area contributed by atoms with E-state index in [4.69, 9.17) is 13.3 Å². The van der Waals surface area contributed by atoms with Gasteiger partial charge in [0.1, 0.15) is 0 Å². The van der Waals surface area contributed by atoms with E-state index in [0.29, 0.717) is 0 Å². The summed E-state index contributed by atoms with van der Waals surface area (Å²) >= 11 is 0. The summed E-state index contributed by atoms with van der Waals surface area (Å²) in [5.41, 5.74) is 2.24. The Morgan fingerprint density at radius 2 is 1.00 bits per heavy atom. The van der Waals surface area contributed by atoms with E-state index in [0.717, 1.165) is 11.1 Å². The first kappa shape index (κ1) is 15.9. The van der Waals surface area contributed by atoms with Crippen LogP contribution in [0.4, 0.5) is 0 Å². The number of benzene rings is 2. The second-order valence-electron chi connectivity index (χ2n) is 5.03. The highest BCUT2D eigenvalue weighted by atomic mass is 28.4. The van der Waals surface area contributed by atoms with Crippen LogP contribution in [-0.2, 0) is 18.3 Å². The second kappa shape index (κ2) is 6.53.